The molecule has 2 aromatic carbocycles. The van der Waals surface area contributed by atoms with E-state index in [0.717, 1.165) is 11.3 Å². The second kappa shape index (κ2) is 8.12. The largest absolute Gasteiger partial charge is 0.281 e. The van der Waals surface area contributed by atoms with E-state index in [0.29, 0.717) is 33.4 Å². The predicted molar refractivity (Wildman–Crippen MR) is 110 cm³/mol. The third kappa shape index (κ3) is 3.93. The molecule has 140 valence electrons. The molecule has 4 rings (SSSR count). The van der Waals surface area contributed by atoms with Crippen molar-refractivity contribution in [2.45, 2.75) is 17.5 Å². The zero-order valence-electron chi connectivity index (χ0n) is 14.7. The van der Waals surface area contributed by atoms with Gasteiger partial charge in [0.05, 0.1) is 23.1 Å². The maximum atomic E-state index is 13.3. The van der Waals surface area contributed by atoms with Gasteiger partial charge in [0, 0.05) is 17.0 Å². The van der Waals surface area contributed by atoms with E-state index in [4.69, 9.17) is 11.6 Å². The first-order valence-corrected chi connectivity index (χ1v) is 9.94. The minimum Gasteiger partial charge on any atom is -0.281 e. The van der Waals surface area contributed by atoms with Crippen LogP contribution in [0, 0.1) is 5.82 Å². The van der Waals surface area contributed by atoms with Crippen LogP contribution >= 0.6 is 23.4 Å². The Labute approximate surface area is 170 Å². The van der Waals surface area contributed by atoms with Gasteiger partial charge < -0.3 is 0 Å². The minimum atomic E-state index is -0.380. The monoisotopic (exact) mass is 411 g/mol. The topological polar surface area (TPSA) is 47.8 Å². The summed E-state index contributed by atoms with van der Waals surface area (Å²) in [5.74, 6) is 0.0844. The quantitative estimate of drug-likeness (QED) is 0.345. The van der Waals surface area contributed by atoms with Gasteiger partial charge in [-0.15, -0.1) is 0 Å². The summed E-state index contributed by atoms with van der Waals surface area (Å²) in [6, 6.07) is 17.1. The van der Waals surface area contributed by atoms with Gasteiger partial charge >= 0.3 is 0 Å². The molecule has 7 heteroatoms. The Hall–Kier alpha value is -2.70. The molecule has 4 aromatic rings. The number of hydrogen-bond donors (Lipinski definition) is 0. The number of fused-ring (bicyclic) bond motifs is 1. The molecule has 0 radical (unpaired) electrons. The van der Waals surface area contributed by atoms with Gasteiger partial charge in [0.25, 0.3) is 5.56 Å². The van der Waals surface area contributed by atoms with Gasteiger partial charge in [0.2, 0.25) is 0 Å². The Bertz CT molecular complexity index is 1200. The molecule has 0 saturated carbocycles. The number of thioether (sulfide) groups is 1. The van der Waals surface area contributed by atoms with Crippen LogP contribution in [0.1, 0.15) is 11.3 Å². The summed E-state index contributed by atoms with van der Waals surface area (Å²) in [5, 5.41) is 1.48. The number of pyridine rings is 1. The van der Waals surface area contributed by atoms with Crippen molar-refractivity contribution >= 4 is 34.3 Å². The third-order valence-electron chi connectivity index (χ3n) is 4.24. The minimum absolute atomic E-state index is 0.121. The Morgan fingerprint density at radius 2 is 1.89 bits per heavy atom. The van der Waals surface area contributed by atoms with Crippen LogP contribution in [-0.4, -0.2) is 14.5 Å². The van der Waals surface area contributed by atoms with Crippen LogP contribution in [0.4, 0.5) is 4.39 Å². The van der Waals surface area contributed by atoms with Crippen molar-refractivity contribution in [3.8, 4) is 0 Å². The first-order valence-electron chi connectivity index (χ1n) is 8.58. The lowest BCUT2D eigenvalue weighted by molar-refractivity contribution is 0.627. The highest BCUT2D eigenvalue weighted by Gasteiger charge is 2.13. The molecule has 0 amide bonds. The van der Waals surface area contributed by atoms with Crippen molar-refractivity contribution in [1.29, 1.82) is 0 Å². The zero-order valence-corrected chi connectivity index (χ0v) is 16.3. The van der Waals surface area contributed by atoms with Crippen molar-refractivity contribution in [2.24, 2.45) is 0 Å². The zero-order chi connectivity index (χ0) is 19.5. The Morgan fingerprint density at radius 1 is 1.07 bits per heavy atom. The van der Waals surface area contributed by atoms with Gasteiger partial charge in [0.15, 0.2) is 5.16 Å². The second-order valence-electron chi connectivity index (χ2n) is 6.15. The van der Waals surface area contributed by atoms with Gasteiger partial charge in [0.1, 0.15) is 5.82 Å². The van der Waals surface area contributed by atoms with E-state index in [1.165, 1.54) is 23.9 Å². The molecule has 0 aliphatic heterocycles. The van der Waals surface area contributed by atoms with Crippen LogP contribution in [0.3, 0.4) is 0 Å². The lowest BCUT2D eigenvalue weighted by Gasteiger charge is -2.13. The number of rotatable bonds is 5. The van der Waals surface area contributed by atoms with Crippen LogP contribution < -0.4 is 5.56 Å². The highest BCUT2D eigenvalue weighted by atomic mass is 35.5. The van der Waals surface area contributed by atoms with E-state index >= 15 is 0 Å². The SMILES string of the molecule is O=c1c2ccccc2nc(SCc2ccc(F)cc2Cl)n1Cc1ccccn1. The number of nitrogens with zero attached hydrogens (tertiary/aromatic N) is 3. The first kappa shape index (κ1) is 18.7. The summed E-state index contributed by atoms with van der Waals surface area (Å²) in [4.78, 5) is 22.1. The molecule has 0 aliphatic carbocycles. The lowest BCUT2D eigenvalue weighted by Crippen LogP contribution is -2.24. The molecule has 0 bridgehead atoms. The highest BCUT2D eigenvalue weighted by molar-refractivity contribution is 7.98. The van der Waals surface area contributed by atoms with Gasteiger partial charge in [-0.25, -0.2) is 9.37 Å². The van der Waals surface area contributed by atoms with Gasteiger partial charge in [-0.3, -0.25) is 14.3 Å². The van der Waals surface area contributed by atoms with E-state index in [9.17, 15) is 9.18 Å². The van der Waals surface area contributed by atoms with Crippen LogP contribution in [0.15, 0.2) is 76.8 Å². The summed E-state index contributed by atoms with van der Waals surface area (Å²) in [6.45, 7) is 0.316. The van der Waals surface area contributed by atoms with Crippen molar-refractivity contribution in [3.05, 3.63) is 99.3 Å². The molecule has 0 fully saturated rings. The van der Waals surface area contributed by atoms with E-state index < -0.39 is 0 Å². The fourth-order valence-corrected chi connectivity index (χ4v) is 4.15. The summed E-state index contributed by atoms with van der Waals surface area (Å²) >= 11 is 7.52. The van der Waals surface area contributed by atoms with Crippen LogP contribution in [0.2, 0.25) is 5.02 Å². The molecule has 2 aromatic heterocycles. The normalized spacial score (nSPS) is 11.1. The van der Waals surface area contributed by atoms with E-state index in [-0.39, 0.29) is 11.4 Å². The summed E-state index contributed by atoms with van der Waals surface area (Å²) in [7, 11) is 0. The Kier molecular flexibility index (Phi) is 5.41. The van der Waals surface area contributed by atoms with Crippen LogP contribution in [-0.2, 0) is 12.3 Å². The smallest absolute Gasteiger partial charge is 0.262 e. The number of halogens is 2. The van der Waals surface area contributed by atoms with Gasteiger partial charge in [-0.05, 0) is 42.0 Å². The molecule has 0 aliphatic rings. The molecule has 0 atom stereocenters. The molecule has 4 nitrogen and oxygen atoms in total. The maximum Gasteiger partial charge on any atom is 0.262 e. The summed E-state index contributed by atoms with van der Waals surface area (Å²) in [6.07, 6.45) is 1.69. The van der Waals surface area contributed by atoms with E-state index in [1.807, 2.05) is 36.4 Å². The number of aromatic nitrogens is 3. The maximum absolute atomic E-state index is 13.3. The summed E-state index contributed by atoms with van der Waals surface area (Å²) in [5.41, 5.74) is 2.06. The molecule has 2 heterocycles. The van der Waals surface area contributed by atoms with Crippen molar-refractivity contribution < 1.29 is 4.39 Å². The number of benzene rings is 2. The summed E-state index contributed by atoms with van der Waals surface area (Å²) < 4.78 is 14.9. The molecule has 0 saturated heterocycles. The number of hydrogen-bond acceptors (Lipinski definition) is 4. The second-order valence-corrected chi connectivity index (χ2v) is 7.50. The van der Waals surface area contributed by atoms with Crippen LogP contribution in [0.5, 0.6) is 0 Å². The highest BCUT2D eigenvalue weighted by Crippen LogP contribution is 2.27. The van der Waals surface area contributed by atoms with Crippen molar-refractivity contribution in [1.82, 2.24) is 14.5 Å². The third-order valence-corrected chi connectivity index (χ3v) is 5.62. The van der Waals surface area contributed by atoms with Gasteiger partial charge in [-0.2, -0.15) is 0 Å². The van der Waals surface area contributed by atoms with E-state index in [2.05, 4.69) is 9.97 Å². The van der Waals surface area contributed by atoms with Gasteiger partial charge in [-0.1, -0.05) is 47.6 Å². The molecular formula is C21H15ClFN3OS. The Morgan fingerprint density at radius 3 is 2.68 bits per heavy atom. The molecule has 0 spiro atoms. The Balaban J connectivity index is 1.74. The molecule has 0 unspecified atom stereocenters. The van der Waals surface area contributed by atoms with Crippen molar-refractivity contribution in [3.63, 3.8) is 0 Å². The fourth-order valence-electron chi connectivity index (χ4n) is 2.83. The average Bonchev–Trinajstić information content (AvgIpc) is 2.71. The number of para-hydroxylation sites is 1. The first-order chi connectivity index (χ1) is 13.6. The van der Waals surface area contributed by atoms with Crippen molar-refractivity contribution in [2.75, 3.05) is 0 Å². The molecule has 0 N–H and O–H groups in total. The lowest BCUT2D eigenvalue weighted by atomic mass is 10.2. The molecular weight excluding hydrogens is 397 g/mol. The predicted octanol–water partition coefficient (Wildman–Crippen LogP) is 4.92. The van der Waals surface area contributed by atoms with E-state index in [1.54, 1.807) is 22.9 Å². The van der Waals surface area contributed by atoms with Crippen LogP contribution in [0.25, 0.3) is 10.9 Å². The standard InChI is InChI=1S/C21H15ClFN3OS/c22-18-11-15(23)9-8-14(18)13-28-21-25-19-7-2-1-6-17(19)20(27)26(21)12-16-5-3-4-10-24-16/h1-11H,12-13H2. The average molecular weight is 412 g/mol. The molecule has 28 heavy (non-hydrogen) atoms. The fraction of sp³-hybridized carbons (Fsp3) is 0.0952.